The van der Waals surface area contributed by atoms with Crippen molar-refractivity contribution in [3.63, 3.8) is 0 Å². The number of benzene rings is 1. The lowest BCUT2D eigenvalue weighted by Crippen LogP contribution is -2.52. The van der Waals surface area contributed by atoms with Gasteiger partial charge in [0.15, 0.2) is 0 Å². The molecule has 2 aliphatic carbocycles. The number of methoxy groups -OCH3 is 1. The third-order valence-corrected chi connectivity index (χ3v) is 7.14. The molecule has 1 saturated heterocycles. The van der Waals surface area contributed by atoms with Gasteiger partial charge in [-0.1, -0.05) is 0 Å². The van der Waals surface area contributed by atoms with Crippen molar-refractivity contribution in [2.24, 2.45) is 11.3 Å². The fourth-order valence-corrected chi connectivity index (χ4v) is 4.91. The molecule has 1 aromatic rings. The van der Waals surface area contributed by atoms with Gasteiger partial charge in [-0.2, -0.15) is 13.2 Å². The smallest absolute Gasteiger partial charge is 0.391 e. The molecule has 1 spiro atoms. The van der Waals surface area contributed by atoms with Gasteiger partial charge in [0.05, 0.1) is 34.6 Å². The molecule has 6 nitrogen and oxygen atoms in total. The minimum Gasteiger partial charge on any atom is -0.397 e. The topological polar surface area (TPSA) is 79.6 Å². The van der Waals surface area contributed by atoms with Crippen LogP contribution in [0.2, 0.25) is 0 Å². The lowest BCUT2D eigenvalue weighted by molar-refractivity contribution is -0.184. The molecule has 4 N–H and O–H groups in total. The molecule has 3 fully saturated rings. The average Bonchev–Trinajstić information content (AvgIpc) is 3.31. The summed E-state index contributed by atoms with van der Waals surface area (Å²) in [6.07, 6.45) is -1.91. The van der Waals surface area contributed by atoms with Crippen molar-refractivity contribution in [2.75, 3.05) is 43.2 Å². The average molecular weight is 426 g/mol. The Balaban J connectivity index is 1.45. The Morgan fingerprint density at radius 1 is 1.27 bits per heavy atom. The number of amides is 1. The van der Waals surface area contributed by atoms with Gasteiger partial charge in [0.2, 0.25) is 0 Å². The first kappa shape index (κ1) is 21.1. The second kappa shape index (κ2) is 7.51. The summed E-state index contributed by atoms with van der Waals surface area (Å²) in [5.74, 6) is -1.43. The van der Waals surface area contributed by atoms with Crippen LogP contribution >= 0.6 is 0 Å². The van der Waals surface area contributed by atoms with E-state index in [0.29, 0.717) is 37.2 Å². The minimum absolute atomic E-state index is 0.0691. The number of hydrogen-bond donors (Lipinski definition) is 3. The molecule has 0 unspecified atom stereocenters. The number of carbonyl (C=O) groups excluding carboxylic acids is 1. The first-order valence-corrected chi connectivity index (χ1v) is 10.4. The van der Waals surface area contributed by atoms with Crippen molar-refractivity contribution in [3.8, 4) is 0 Å². The summed E-state index contributed by atoms with van der Waals surface area (Å²) in [6, 6.07) is 3.47. The van der Waals surface area contributed by atoms with Crippen LogP contribution in [0, 0.1) is 11.3 Å². The Labute approximate surface area is 174 Å². The SMILES string of the molecule is CNc1cc(N2CC(OC)C2)c(C(=O)N[C@@H]2CC23CCC(C(F)(F)F)CC3)cc1N. The van der Waals surface area contributed by atoms with E-state index in [1.54, 1.807) is 20.2 Å². The Kier molecular flexibility index (Phi) is 5.28. The van der Waals surface area contributed by atoms with Crippen LogP contribution in [0.3, 0.4) is 0 Å². The zero-order valence-electron chi connectivity index (χ0n) is 17.3. The first-order chi connectivity index (χ1) is 14.2. The van der Waals surface area contributed by atoms with Crippen LogP contribution in [0.4, 0.5) is 30.2 Å². The number of hydrogen-bond acceptors (Lipinski definition) is 5. The summed E-state index contributed by atoms with van der Waals surface area (Å²) < 4.78 is 44.2. The molecule has 1 aromatic carbocycles. The van der Waals surface area contributed by atoms with E-state index in [1.165, 1.54) is 0 Å². The number of nitrogens with two attached hydrogens (primary N) is 1. The summed E-state index contributed by atoms with van der Waals surface area (Å²) in [5, 5.41) is 6.10. The Morgan fingerprint density at radius 2 is 1.93 bits per heavy atom. The predicted octanol–water partition coefficient (Wildman–Crippen LogP) is 3.39. The van der Waals surface area contributed by atoms with Gasteiger partial charge in [-0.3, -0.25) is 4.79 Å². The second-order valence-corrected chi connectivity index (χ2v) is 8.88. The molecular weight excluding hydrogens is 397 g/mol. The molecule has 3 aliphatic rings. The molecule has 0 radical (unpaired) electrons. The Morgan fingerprint density at radius 3 is 2.50 bits per heavy atom. The van der Waals surface area contributed by atoms with Crippen molar-refractivity contribution >= 4 is 23.0 Å². The van der Waals surface area contributed by atoms with E-state index in [1.807, 2.05) is 6.07 Å². The first-order valence-electron chi connectivity index (χ1n) is 10.4. The molecule has 1 atom stereocenters. The van der Waals surface area contributed by atoms with Crippen molar-refractivity contribution in [1.82, 2.24) is 5.32 Å². The van der Waals surface area contributed by atoms with Gasteiger partial charge < -0.3 is 26.0 Å². The highest BCUT2D eigenvalue weighted by molar-refractivity contribution is 6.02. The van der Waals surface area contributed by atoms with Crippen LogP contribution in [0.15, 0.2) is 12.1 Å². The Hall–Kier alpha value is -2.16. The number of nitrogen functional groups attached to an aromatic ring is 1. The zero-order valence-corrected chi connectivity index (χ0v) is 17.3. The van der Waals surface area contributed by atoms with E-state index < -0.39 is 12.1 Å². The van der Waals surface area contributed by atoms with Gasteiger partial charge in [-0.15, -0.1) is 0 Å². The van der Waals surface area contributed by atoms with Gasteiger partial charge in [-0.25, -0.2) is 0 Å². The lowest BCUT2D eigenvalue weighted by atomic mass is 9.79. The lowest BCUT2D eigenvalue weighted by Gasteiger charge is -2.41. The highest BCUT2D eigenvalue weighted by Gasteiger charge is 2.58. The molecule has 1 amide bonds. The van der Waals surface area contributed by atoms with Crippen LogP contribution in [0.1, 0.15) is 42.5 Å². The number of alkyl halides is 3. The monoisotopic (exact) mass is 426 g/mol. The highest BCUT2D eigenvalue weighted by Crippen LogP contribution is 2.59. The van der Waals surface area contributed by atoms with E-state index in [-0.39, 0.29) is 36.3 Å². The Bertz CT molecular complexity index is 815. The number of carbonyl (C=O) groups is 1. The van der Waals surface area contributed by atoms with Crippen LogP contribution < -0.4 is 21.3 Å². The van der Waals surface area contributed by atoms with Crippen LogP contribution in [-0.2, 0) is 4.74 Å². The van der Waals surface area contributed by atoms with Crippen LogP contribution in [-0.4, -0.2) is 51.5 Å². The molecule has 30 heavy (non-hydrogen) atoms. The van der Waals surface area contributed by atoms with E-state index in [9.17, 15) is 18.0 Å². The van der Waals surface area contributed by atoms with Crippen LogP contribution in [0.25, 0.3) is 0 Å². The standard InChI is InChI=1S/C21H29F3N4O2/c1-26-16-8-17(28-10-13(11-28)30-2)14(7-15(16)25)19(29)27-18-9-20(18)5-3-12(4-6-20)21(22,23)24/h7-8,12-13,18,26H,3-6,9-11,25H2,1-2H3,(H,27,29)/t12?,18-,20?/m1/s1. The van der Waals surface area contributed by atoms with Crippen molar-refractivity contribution in [2.45, 2.75) is 50.4 Å². The summed E-state index contributed by atoms with van der Waals surface area (Å²) in [7, 11) is 3.44. The number of nitrogens with zero attached hydrogens (tertiary/aromatic N) is 1. The van der Waals surface area contributed by atoms with Gasteiger partial charge in [0.1, 0.15) is 0 Å². The summed E-state index contributed by atoms with van der Waals surface area (Å²) >= 11 is 0. The summed E-state index contributed by atoms with van der Waals surface area (Å²) in [6.45, 7) is 1.38. The maximum absolute atomic E-state index is 13.1. The normalized spacial score (nSPS) is 28.9. The number of ether oxygens (including phenoxy) is 1. The highest BCUT2D eigenvalue weighted by atomic mass is 19.4. The predicted molar refractivity (Wildman–Crippen MR) is 110 cm³/mol. The molecule has 166 valence electrons. The molecular formula is C21H29F3N4O2. The van der Waals surface area contributed by atoms with Gasteiger partial charge >= 0.3 is 6.18 Å². The third-order valence-electron chi connectivity index (χ3n) is 7.14. The van der Waals surface area contributed by atoms with Gasteiger partial charge in [0, 0.05) is 33.3 Å². The molecule has 9 heteroatoms. The molecule has 0 bridgehead atoms. The third kappa shape index (κ3) is 3.79. The molecule has 2 saturated carbocycles. The number of rotatable bonds is 5. The van der Waals surface area contributed by atoms with Crippen molar-refractivity contribution in [1.29, 1.82) is 0 Å². The molecule has 1 aliphatic heterocycles. The fraction of sp³-hybridized carbons (Fsp3) is 0.667. The molecule has 4 rings (SSSR count). The van der Waals surface area contributed by atoms with Gasteiger partial charge in [-0.05, 0) is 49.7 Å². The molecule has 1 heterocycles. The minimum atomic E-state index is -4.12. The zero-order chi connectivity index (χ0) is 21.7. The number of halogens is 3. The quantitative estimate of drug-likeness (QED) is 0.629. The van der Waals surface area contributed by atoms with Crippen molar-refractivity contribution < 1.29 is 22.7 Å². The fourth-order valence-electron chi connectivity index (χ4n) is 4.91. The van der Waals surface area contributed by atoms with E-state index in [4.69, 9.17) is 10.5 Å². The maximum atomic E-state index is 13.1. The summed E-state index contributed by atoms with van der Waals surface area (Å²) in [5.41, 5.74) is 8.43. The number of anilines is 3. The number of nitrogens with one attached hydrogen (secondary N) is 2. The van der Waals surface area contributed by atoms with E-state index in [0.717, 1.165) is 17.8 Å². The largest absolute Gasteiger partial charge is 0.397 e. The van der Waals surface area contributed by atoms with Gasteiger partial charge in [0.25, 0.3) is 5.91 Å². The maximum Gasteiger partial charge on any atom is 0.391 e. The summed E-state index contributed by atoms with van der Waals surface area (Å²) in [4.78, 5) is 15.2. The van der Waals surface area contributed by atoms with E-state index in [2.05, 4.69) is 15.5 Å². The molecule has 0 aromatic heterocycles. The second-order valence-electron chi connectivity index (χ2n) is 8.88. The van der Waals surface area contributed by atoms with Crippen molar-refractivity contribution in [3.05, 3.63) is 17.7 Å². The van der Waals surface area contributed by atoms with Crippen LogP contribution in [0.5, 0.6) is 0 Å². The van der Waals surface area contributed by atoms with E-state index >= 15 is 0 Å².